The number of ether oxygens (including phenoxy) is 6. The van der Waals surface area contributed by atoms with E-state index in [0.29, 0.717) is 5.56 Å². The number of ketones is 1. The highest BCUT2D eigenvalue weighted by molar-refractivity contribution is 6.05. The van der Waals surface area contributed by atoms with Gasteiger partial charge >= 0.3 is 30.0 Å². The second-order valence-corrected chi connectivity index (χ2v) is 18.3. The van der Waals surface area contributed by atoms with Gasteiger partial charge in [-0.05, 0) is 60.2 Å². The number of amides is 2. The Balaban J connectivity index is 1.29. The lowest BCUT2D eigenvalue weighted by molar-refractivity contribution is -0.340. The summed E-state index contributed by atoms with van der Waals surface area (Å²) < 4.78 is 36.7. The lowest BCUT2D eigenvalue weighted by Crippen LogP contribution is -2.80. The highest BCUT2D eigenvalue weighted by atomic mass is 16.6. The number of imide groups is 1. The van der Waals surface area contributed by atoms with Crippen LogP contribution in [0.5, 0.6) is 0 Å². The number of cyclic esters (lactones) is 1. The topological polar surface area (TPSA) is 198 Å². The van der Waals surface area contributed by atoms with Crippen LogP contribution in [0.2, 0.25) is 0 Å². The first-order chi connectivity index (χ1) is 30.3. The van der Waals surface area contributed by atoms with Crippen molar-refractivity contribution >= 4 is 41.7 Å². The van der Waals surface area contributed by atoms with Gasteiger partial charge in [0.15, 0.2) is 17.5 Å². The van der Waals surface area contributed by atoms with E-state index < -0.39 is 119 Å². The van der Waals surface area contributed by atoms with E-state index in [1.807, 2.05) is 0 Å². The van der Waals surface area contributed by atoms with Crippen LogP contribution in [0.1, 0.15) is 93.6 Å². The molecule has 3 aromatic rings. The number of aliphatic hydroxyl groups is 1. The Labute approximate surface area is 370 Å². The van der Waals surface area contributed by atoms with Crippen LogP contribution in [0, 0.1) is 22.7 Å². The summed E-state index contributed by atoms with van der Waals surface area (Å²) in [5.41, 5.74) is -6.12. The second-order valence-electron chi connectivity index (χ2n) is 18.3. The van der Waals surface area contributed by atoms with Gasteiger partial charge in [-0.1, -0.05) is 94.4 Å². The van der Waals surface area contributed by atoms with E-state index in [1.165, 1.54) is 31.2 Å². The van der Waals surface area contributed by atoms with Gasteiger partial charge in [0.05, 0.1) is 18.1 Å². The van der Waals surface area contributed by atoms with E-state index in [0.717, 1.165) is 11.8 Å². The normalized spacial score (nSPS) is 33.8. The van der Waals surface area contributed by atoms with E-state index in [-0.39, 0.29) is 35.3 Å². The van der Waals surface area contributed by atoms with Gasteiger partial charge in [0.25, 0.3) is 5.91 Å². The van der Waals surface area contributed by atoms with Crippen LogP contribution in [0.25, 0.3) is 0 Å². The molecule has 0 radical (unpaired) electrons. The van der Waals surface area contributed by atoms with Crippen LogP contribution in [-0.2, 0) is 47.6 Å². The molecule has 15 heteroatoms. The number of carbonyl (C=O) groups excluding carboxylic acids is 7. The van der Waals surface area contributed by atoms with E-state index in [9.17, 15) is 33.9 Å². The highest BCUT2D eigenvalue weighted by Crippen LogP contribution is 2.65. The Morgan fingerprint density at radius 2 is 1.39 bits per heavy atom. The summed E-state index contributed by atoms with van der Waals surface area (Å²) in [5, 5.41) is 13.8. The lowest BCUT2D eigenvalue weighted by Gasteiger charge is -2.68. The smallest absolute Gasteiger partial charge is 0.418 e. The van der Waals surface area contributed by atoms with Gasteiger partial charge in [-0.25, -0.2) is 19.3 Å². The number of fused-ring (bicyclic) bond motifs is 5. The minimum atomic E-state index is -2.30. The molecule has 336 valence electrons. The molecule has 64 heavy (non-hydrogen) atoms. The molecule has 2 aliphatic heterocycles. The van der Waals surface area contributed by atoms with Crippen molar-refractivity contribution in [3.05, 3.63) is 119 Å². The Hall–Kier alpha value is -6.19. The summed E-state index contributed by atoms with van der Waals surface area (Å²) in [5.74, 6) is -6.72. The number of carbonyl (C=O) groups is 7. The molecule has 2 saturated carbocycles. The van der Waals surface area contributed by atoms with Gasteiger partial charge < -0.3 is 33.5 Å². The molecule has 0 spiro atoms. The Morgan fingerprint density at radius 3 is 1.95 bits per heavy atom. The van der Waals surface area contributed by atoms with Crippen molar-refractivity contribution in [2.24, 2.45) is 22.7 Å². The number of esters is 4. The molecule has 0 aromatic heterocycles. The Morgan fingerprint density at radius 1 is 0.797 bits per heavy atom. The van der Waals surface area contributed by atoms with Crippen LogP contribution < -0.4 is 0 Å². The molecule has 3 aromatic carbocycles. The van der Waals surface area contributed by atoms with Crippen molar-refractivity contribution in [1.82, 2.24) is 4.90 Å². The van der Waals surface area contributed by atoms with Gasteiger partial charge in [-0.3, -0.25) is 19.2 Å². The van der Waals surface area contributed by atoms with E-state index in [2.05, 4.69) is 0 Å². The van der Waals surface area contributed by atoms with Crippen molar-refractivity contribution < 1.29 is 67.1 Å². The molecule has 2 bridgehead atoms. The zero-order chi connectivity index (χ0) is 46.1. The number of hydrogen-bond donors (Lipinski definition) is 1. The summed E-state index contributed by atoms with van der Waals surface area (Å²) >= 11 is 0. The van der Waals surface area contributed by atoms with Crippen LogP contribution in [-0.4, -0.2) is 100.0 Å². The molecule has 2 saturated heterocycles. The molecule has 4 fully saturated rings. The maximum Gasteiger partial charge on any atom is 0.418 e. The average molecular weight is 878 g/mol. The van der Waals surface area contributed by atoms with Crippen molar-refractivity contribution in [2.45, 2.75) is 109 Å². The predicted molar refractivity (Wildman–Crippen MR) is 224 cm³/mol. The molecular formula is C49H51NO14. The molecule has 1 N–H and O–H groups in total. The number of Topliss-reactive ketones (excluding diaryl/α,β-unsaturated/α-hetero) is 1. The Kier molecular flexibility index (Phi) is 11.2. The monoisotopic (exact) mass is 877 g/mol. The zero-order valence-corrected chi connectivity index (χ0v) is 36.6. The van der Waals surface area contributed by atoms with Crippen LogP contribution in [0.4, 0.5) is 4.79 Å². The molecule has 8 rings (SSSR count). The summed E-state index contributed by atoms with van der Waals surface area (Å²) in [4.78, 5) is 99.5. The highest BCUT2D eigenvalue weighted by Gasteiger charge is 2.78. The molecule has 2 amide bonds. The maximum absolute atomic E-state index is 15.7. The van der Waals surface area contributed by atoms with Gasteiger partial charge in [-0.15, -0.1) is 0 Å². The van der Waals surface area contributed by atoms with Crippen molar-refractivity contribution in [3.63, 3.8) is 0 Å². The second kappa shape index (κ2) is 16.1. The first-order valence-electron chi connectivity index (χ1n) is 21.3. The zero-order valence-electron chi connectivity index (χ0n) is 36.6. The molecule has 15 nitrogen and oxygen atoms in total. The summed E-state index contributed by atoms with van der Waals surface area (Å²) in [6, 6.07) is 23.1. The Bertz CT molecular complexity index is 2440. The molecule has 11 atom stereocenters. The fourth-order valence-corrected chi connectivity index (χ4v) is 11.1. The molecule has 5 aliphatic rings. The van der Waals surface area contributed by atoms with Crippen LogP contribution >= 0.6 is 0 Å². The predicted octanol–water partition coefficient (Wildman–Crippen LogP) is 5.88. The number of nitrogens with zero attached hydrogens (tertiary/aromatic N) is 1. The minimum absolute atomic E-state index is 0.101. The average Bonchev–Trinajstić information content (AvgIpc) is 3.61. The third-order valence-corrected chi connectivity index (χ3v) is 14.5. The van der Waals surface area contributed by atoms with Crippen LogP contribution in [0.15, 0.2) is 102 Å². The summed E-state index contributed by atoms with van der Waals surface area (Å²) in [7, 11) is 0. The summed E-state index contributed by atoms with van der Waals surface area (Å²) in [6.07, 6.45) is -8.63. The fourth-order valence-electron chi connectivity index (χ4n) is 11.1. The number of rotatable bonds is 8. The molecule has 1 unspecified atom stereocenters. The first kappa shape index (κ1) is 44.4. The molecule has 3 aliphatic carbocycles. The van der Waals surface area contributed by atoms with Crippen molar-refractivity contribution in [3.8, 4) is 0 Å². The maximum atomic E-state index is 15.7. The van der Waals surface area contributed by atoms with Gasteiger partial charge in [0, 0.05) is 36.7 Å². The quantitative estimate of drug-likeness (QED) is 0.160. The fraction of sp³-hybridized carbons (Fsp3) is 0.449. The van der Waals surface area contributed by atoms with Crippen molar-refractivity contribution in [2.75, 3.05) is 6.61 Å². The largest absolute Gasteiger partial charge is 0.455 e. The van der Waals surface area contributed by atoms with E-state index >= 15 is 4.79 Å². The van der Waals surface area contributed by atoms with Crippen molar-refractivity contribution in [1.29, 1.82) is 0 Å². The van der Waals surface area contributed by atoms with E-state index in [4.69, 9.17) is 28.4 Å². The van der Waals surface area contributed by atoms with Gasteiger partial charge in [-0.2, -0.15) is 0 Å². The van der Waals surface area contributed by atoms with Crippen LogP contribution in [0.3, 0.4) is 0 Å². The van der Waals surface area contributed by atoms with E-state index in [1.54, 1.807) is 101 Å². The third kappa shape index (κ3) is 6.82. The summed E-state index contributed by atoms with van der Waals surface area (Å²) in [6.45, 7) is 10.4. The first-order valence-corrected chi connectivity index (χ1v) is 21.3. The minimum Gasteiger partial charge on any atom is -0.455 e. The molecular weight excluding hydrogens is 827 g/mol. The van der Waals surface area contributed by atoms with Gasteiger partial charge in [0.2, 0.25) is 6.10 Å². The molecule has 2 heterocycles. The number of benzene rings is 3. The number of hydrogen-bond acceptors (Lipinski definition) is 14. The third-order valence-electron chi connectivity index (χ3n) is 14.5. The SMILES string of the molecule is CC(=O)O[C@H]1C(=O)[C@@]2(C)[C@H]([C@H](OC(=O)c3ccccc3)[C@]3(O)CC(OC(=O)[C@@H]4OC(=O)N(C(=O)c5ccccc5)[C@H]4c4ccccc4)C(C)=C1C3(C)C)[C@]1(OC(C)=O)CO[C@@H]1C[C@@H]2C. The lowest BCUT2D eigenvalue weighted by atomic mass is 9.43. The van der Waals surface area contributed by atoms with Gasteiger partial charge in [0.1, 0.15) is 30.0 Å². The standard InChI is InChI=1S/C49H51NO14/c1-26-23-34-48(25-59-34,64-29(4)52)39-41(63-43(55)32-21-15-10-16-22-32)49(58)24-33(27(2)35(46(49,5)6)37(60-28(3)51)40(53)47(26,39)7)61-44(56)38-36(30-17-11-8-12-18-30)50(45(57)62-38)42(54)31-19-13-9-14-20-31/h8-22,26,33-34,36-39,41,58H,23-25H2,1-7H3/t26-,33?,34+,36-,37+,38+,39-,41-,47+,48-,49+/m0/s1.